The molecular weight excluding hydrogens is 262 g/mol. The maximum atomic E-state index is 11.9. The molecule has 3 heteroatoms. The molecule has 0 radical (unpaired) electrons. The number of aliphatic hydroxyl groups excluding tert-OH is 1. The highest BCUT2D eigenvalue weighted by Gasteiger charge is 2.13. The SMILES string of the molecule is O=C(CCCC1CCCCC1)NCc1cccc(CO)c1. The summed E-state index contributed by atoms with van der Waals surface area (Å²) in [6, 6.07) is 7.70. The van der Waals surface area contributed by atoms with Gasteiger partial charge >= 0.3 is 0 Å². The quantitative estimate of drug-likeness (QED) is 0.806. The zero-order valence-electron chi connectivity index (χ0n) is 12.8. The van der Waals surface area contributed by atoms with E-state index in [9.17, 15) is 4.79 Å². The molecule has 1 aliphatic carbocycles. The second kappa shape index (κ2) is 8.83. The summed E-state index contributed by atoms with van der Waals surface area (Å²) in [7, 11) is 0. The summed E-state index contributed by atoms with van der Waals surface area (Å²) in [5.74, 6) is 0.994. The first-order valence-electron chi connectivity index (χ1n) is 8.23. The van der Waals surface area contributed by atoms with Gasteiger partial charge in [-0.3, -0.25) is 4.79 Å². The van der Waals surface area contributed by atoms with E-state index in [4.69, 9.17) is 5.11 Å². The second-order valence-corrected chi connectivity index (χ2v) is 6.15. The first kappa shape index (κ1) is 16.0. The highest BCUT2D eigenvalue weighted by atomic mass is 16.3. The van der Waals surface area contributed by atoms with Crippen molar-refractivity contribution in [3.05, 3.63) is 35.4 Å². The van der Waals surface area contributed by atoms with E-state index in [1.54, 1.807) is 0 Å². The lowest BCUT2D eigenvalue weighted by Gasteiger charge is -2.21. The van der Waals surface area contributed by atoms with Crippen LogP contribution in [-0.2, 0) is 17.9 Å². The number of hydrogen-bond donors (Lipinski definition) is 2. The van der Waals surface area contributed by atoms with Crippen LogP contribution in [0.5, 0.6) is 0 Å². The largest absolute Gasteiger partial charge is 0.392 e. The normalized spacial score (nSPS) is 15.9. The molecular formula is C18H27NO2. The zero-order chi connectivity index (χ0) is 14.9. The van der Waals surface area contributed by atoms with E-state index in [2.05, 4.69) is 5.32 Å². The molecule has 2 N–H and O–H groups in total. The standard InChI is InChI=1S/C18H27NO2/c20-14-17-10-4-9-16(12-17)13-19-18(21)11-5-8-15-6-2-1-3-7-15/h4,9-10,12,15,20H,1-3,5-8,11,13-14H2,(H,19,21). The van der Waals surface area contributed by atoms with Crippen molar-refractivity contribution in [2.45, 2.75) is 64.5 Å². The third kappa shape index (κ3) is 5.88. The number of nitrogens with one attached hydrogen (secondary N) is 1. The molecule has 0 aromatic heterocycles. The molecule has 0 saturated heterocycles. The van der Waals surface area contributed by atoms with Crippen molar-refractivity contribution >= 4 is 5.91 Å². The lowest BCUT2D eigenvalue weighted by molar-refractivity contribution is -0.121. The molecule has 1 saturated carbocycles. The van der Waals surface area contributed by atoms with Gasteiger partial charge in [-0.05, 0) is 29.9 Å². The Kier molecular flexibility index (Phi) is 6.74. The number of carbonyl (C=O) groups is 1. The molecule has 1 aliphatic rings. The van der Waals surface area contributed by atoms with Gasteiger partial charge in [0.2, 0.25) is 5.91 Å². The number of amides is 1. The van der Waals surface area contributed by atoms with Crippen LogP contribution in [0.4, 0.5) is 0 Å². The number of rotatable bonds is 7. The summed E-state index contributed by atoms with van der Waals surface area (Å²) in [5.41, 5.74) is 1.93. The highest BCUT2D eigenvalue weighted by molar-refractivity contribution is 5.75. The van der Waals surface area contributed by atoms with Crippen LogP contribution < -0.4 is 5.32 Å². The average Bonchev–Trinajstić information content (AvgIpc) is 2.54. The topological polar surface area (TPSA) is 49.3 Å². The van der Waals surface area contributed by atoms with Crippen LogP contribution in [0.3, 0.4) is 0 Å². The van der Waals surface area contributed by atoms with Gasteiger partial charge in [-0.1, -0.05) is 56.4 Å². The monoisotopic (exact) mass is 289 g/mol. The van der Waals surface area contributed by atoms with Crippen molar-refractivity contribution in [3.63, 3.8) is 0 Å². The Morgan fingerprint density at radius 3 is 2.71 bits per heavy atom. The van der Waals surface area contributed by atoms with Gasteiger partial charge in [0.1, 0.15) is 0 Å². The molecule has 0 unspecified atom stereocenters. The molecule has 0 aliphatic heterocycles. The molecule has 0 bridgehead atoms. The predicted octanol–water partition coefficient (Wildman–Crippen LogP) is 3.55. The minimum absolute atomic E-state index is 0.0448. The highest BCUT2D eigenvalue weighted by Crippen LogP contribution is 2.27. The Balaban J connectivity index is 1.62. The lowest BCUT2D eigenvalue weighted by Crippen LogP contribution is -2.22. The molecule has 1 fully saturated rings. The van der Waals surface area contributed by atoms with Gasteiger partial charge in [-0.15, -0.1) is 0 Å². The molecule has 2 rings (SSSR count). The van der Waals surface area contributed by atoms with Crippen molar-refractivity contribution in [2.75, 3.05) is 0 Å². The van der Waals surface area contributed by atoms with E-state index < -0.39 is 0 Å². The predicted molar refractivity (Wildman–Crippen MR) is 84.6 cm³/mol. The smallest absolute Gasteiger partial charge is 0.220 e. The van der Waals surface area contributed by atoms with Crippen molar-refractivity contribution in [1.82, 2.24) is 5.32 Å². The molecule has 0 atom stereocenters. The molecule has 1 amide bonds. The number of hydrogen-bond acceptors (Lipinski definition) is 2. The van der Waals surface area contributed by atoms with E-state index >= 15 is 0 Å². The Morgan fingerprint density at radius 2 is 1.95 bits per heavy atom. The van der Waals surface area contributed by atoms with Crippen LogP contribution in [0.2, 0.25) is 0 Å². The fourth-order valence-corrected chi connectivity index (χ4v) is 3.15. The molecule has 1 aromatic carbocycles. The van der Waals surface area contributed by atoms with E-state index in [1.165, 1.54) is 38.5 Å². The van der Waals surface area contributed by atoms with Gasteiger partial charge < -0.3 is 10.4 Å². The van der Waals surface area contributed by atoms with Crippen molar-refractivity contribution < 1.29 is 9.90 Å². The van der Waals surface area contributed by atoms with Gasteiger partial charge in [0, 0.05) is 13.0 Å². The molecule has 116 valence electrons. The Bertz CT molecular complexity index is 439. The third-order valence-corrected chi connectivity index (χ3v) is 4.40. The van der Waals surface area contributed by atoms with Crippen LogP contribution in [0.1, 0.15) is 62.5 Å². The molecule has 1 aromatic rings. The van der Waals surface area contributed by atoms with Gasteiger partial charge in [-0.2, -0.15) is 0 Å². The number of benzene rings is 1. The maximum Gasteiger partial charge on any atom is 0.220 e. The summed E-state index contributed by atoms with van der Waals surface area (Å²) in [6.45, 7) is 0.597. The van der Waals surface area contributed by atoms with Crippen molar-refractivity contribution in [3.8, 4) is 0 Å². The summed E-state index contributed by atoms with van der Waals surface area (Å²) in [5, 5.41) is 12.1. The van der Waals surface area contributed by atoms with Crippen LogP contribution in [0, 0.1) is 5.92 Å². The minimum Gasteiger partial charge on any atom is -0.392 e. The van der Waals surface area contributed by atoms with Gasteiger partial charge in [-0.25, -0.2) is 0 Å². The van der Waals surface area contributed by atoms with Crippen molar-refractivity contribution in [2.24, 2.45) is 5.92 Å². The summed E-state index contributed by atoms with van der Waals surface area (Å²) < 4.78 is 0. The Hall–Kier alpha value is -1.35. The van der Waals surface area contributed by atoms with Gasteiger partial charge in [0.25, 0.3) is 0 Å². The van der Waals surface area contributed by atoms with Crippen LogP contribution in [-0.4, -0.2) is 11.0 Å². The minimum atomic E-state index is 0.0448. The second-order valence-electron chi connectivity index (χ2n) is 6.15. The van der Waals surface area contributed by atoms with Gasteiger partial charge in [0.15, 0.2) is 0 Å². The molecule has 21 heavy (non-hydrogen) atoms. The van der Waals surface area contributed by atoms with E-state index in [0.717, 1.165) is 23.5 Å². The molecule has 0 spiro atoms. The third-order valence-electron chi connectivity index (χ3n) is 4.40. The average molecular weight is 289 g/mol. The number of carbonyl (C=O) groups excluding carboxylic acids is 1. The Morgan fingerprint density at radius 1 is 1.19 bits per heavy atom. The van der Waals surface area contributed by atoms with Crippen LogP contribution in [0.15, 0.2) is 24.3 Å². The van der Waals surface area contributed by atoms with Gasteiger partial charge in [0.05, 0.1) is 6.61 Å². The van der Waals surface area contributed by atoms with E-state index in [0.29, 0.717) is 13.0 Å². The maximum absolute atomic E-state index is 11.9. The van der Waals surface area contributed by atoms with E-state index in [-0.39, 0.29) is 12.5 Å². The van der Waals surface area contributed by atoms with Crippen LogP contribution >= 0.6 is 0 Å². The van der Waals surface area contributed by atoms with Crippen LogP contribution in [0.25, 0.3) is 0 Å². The van der Waals surface area contributed by atoms with E-state index in [1.807, 2.05) is 24.3 Å². The zero-order valence-corrected chi connectivity index (χ0v) is 12.8. The fourth-order valence-electron chi connectivity index (χ4n) is 3.15. The molecule has 0 heterocycles. The first-order valence-corrected chi connectivity index (χ1v) is 8.23. The lowest BCUT2D eigenvalue weighted by atomic mass is 9.86. The first-order chi connectivity index (χ1) is 10.3. The summed E-state index contributed by atoms with van der Waals surface area (Å²) in [6.07, 6.45) is 9.70. The Labute approximate surface area is 127 Å². The summed E-state index contributed by atoms with van der Waals surface area (Å²) >= 11 is 0. The number of aliphatic hydroxyl groups is 1. The summed E-state index contributed by atoms with van der Waals surface area (Å²) in [4.78, 5) is 11.9. The molecule has 3 nitrogen and oxygen atoms in total. The fraction of sp³-hybridized carbons (Fsp3) is 0.611. The van der Waals surface area contributed by atoms with Crippen molar-refractivity contribution in [1.29, 1.82) is 0 Å².